The number of ether oxygens (including phenoxy) is 2. The Morgan fingerprint density at radius 3 is 2.47 bits per heavy atom. The summed E-state index contributed by atoms with van der Waals surface area (Å²) in [5.74, 6) is 1.54. The van der Waals surface area contributed by atoms with Gasteiger partial charge in [0, 0.05) is 32.2 Å². The van der Waals surface area contributed by atoms with Gasteiger partial charge in [0.2, 0.25) is 5.43 Å². The molecule has 2 N–H and O–H groups in total. The van der Waals surface area contributed by atoms with Crippen molar-refractivity contribution in [1.82, 2.24) is 14.9 Å². The number of aryl methyl sites for hydroxylation is 1. The minimum atomic E-state index is -0.528. The van der Waals surface area contributed by atoms with E-state index in [2.05, 4.69) is 9.88 Å². The number of carbonyl (C=O) groups is 1. The van der Waals surface area contributed by atoms with Crippen LogP contribution < -0.4 is 20.8 Å². The van der Waals surface area contributed by atoms with Crippen LogP contribution in [0.5, 0.6) is 11.5 Å². The van der Waals surface area contributed by atoms with E-state index in [1.54, 1.807) is 35.2 Å². The summed E-state index contributed by atoms with van der Waals surface area (Å²) in [6.07, 6.45) is -0.307. The number of anilines is 2. The highest BCUT2D eigenvalue weighted by atomic mass is 35.5. The Labute approximate surface area is 223 Å². The second kappa shape index (κ2) is 9.68. The van der Waals surface area contributed by atoms with E-state index in [4.69, 9.17) is 36.2 Å². The molecule has 0 spiro atoms. The molecule has 0 unspecified atom stereocenters. The molecule has 3 aromatic heterocycles. The number of fused-ring (bicyclic) bond motifs is 2. The van der Waals surface area contributed by atoms with E-state index in [1.165, 1.54) is 0 Å². The number of carbonyl (C=O) groups excluding carboxylic acids is 1. The van der Waals surface area contributed by atoms with Crippen molar-refractivity contribution in [3.05, 3.63) is 57.3 Å². The highest BCUT2D eigenvalue weighted by molar-refractivity contribution is 6.35. The molecule has 38 heavy (non-hydrogen) atoms. The minimum absolute atomic E-state index is 0.0398. The summed E-state index contributed by atoms with van der Waals surface area (Å²) in [5, 5.41) is 0.539. The molecule has 4 aromatic rings. The number of halogens is 1. The lowest BCUT2D eigenvalue weighted by molar-refractivity contribution is 0.0240. The van der Waals surface area contributed by atoms with E-state index in [1.807, 2.05) is 33.8 Å². The summed E-state index contributed by atoms with van der Waals surface area (Å²) in [5.41, 5.74) is 6.55. The number of hydrogen-bond acceptors (Lipinski definition) is 9. The van der Waals surface area contributed by atoms with E-state index in [-0.39, 0.29) is 44.6 Å². The molecule has 0 bridgehead atoms. The number of nitrogen functional groups attached to an aromatic ring is 1. The van der Waals surface area contributed by atoms with Crippen molar-refractivity contribution < 1.29 is 18.7 Å². The van der Waals surface area contributed by atoms with Gasteiger partial charge in [-0.15, -0.1) is 0 Å². The second-order valence-electron chi connectivity index (χ2n) is 10.1. The van der Waals surface area contributed by atoms with Crippen LogP contribution in [0.2, 0.25) is 5.02 Å². The molecule has 0 saturated carbocycles. The predicted octanol–water partition coefficient (Wildman–Crippen LogP) is 5.13. The van der Waals surface area contributed by atoms with E-state index in [0.29, 0.717) is 43.2 Å². The number of piperazine rings is 1. The van der Waals surface area contributed by atoms with E-state index >= 15 is 0 Å². The fourth-order valence-corrected chi connectivity index (χ4v) is 4.49. The summed E-state index contributed by atoms with van der Waals surface area (Å²) in [4.78, 5) is 38.0. The highest BCUT2D eigenvalue weighted by Crippen LogP contribution is 2.33. The van der Waals surface area contributed by atoms with Gasteiger partial charge in [-0.3, -0.25) is 4.79 Å². The van der Waals surface area contributed by atoms with Crippen LogP contribution in [0.4, 0.5) is 16.4 Å². The van der Waals surface area contributed by atoms with Crippen molar-refractivity contribution in [3.63, 3.8) is 0 Å². The molecule has 1 aliphatic rings. The van der Waals surface area contributed by atoms with Gasteiger partial charge in [0.25, 0.3) is 0 Å². The Bertz CT molecular complexity index is 1610. The Morgan fingerprint density at radius 1 is 1.05 bits per heavy atom. The molecule has 1 amide bonds. The zero-order valence-electron chi connectivity index (χ0n) is 21.6. The minimum Gasteiger partial charge on any atom is -0.454 e. The second-order valence-corrected chi connectivity index (χ2v) is 10.5. The van der Waals surface area contributed by atoms with Crippen LogP contribution in [-0.4, -0.2) is 52.7 Å². The number of hydrogen-bond donors (Lipinski definition) is 1. The lowest BCUT2D eigenvalue weighted by Crippen LogP contribution is -2.50. The van der Waals surface area contributed by atoms with Crippen LogP contribution in [0.25, 0.3) is 22.1 Å². The molecule has 198 valence electrons. The molecule has 0 aliphatic carbocycles. The Balaban J connectivity index is 1.34. The number of aromatic nitrogens is 2. The standard InChI is InChI=1S/C27H28ClN5O5/c1-15-17(8-9-21(30-15)32-10-12-33(13-11-32)26(35)38-27(2,3)4)36-20-14-19-23(31-25(20)29)24(34)22-16(28)6-5-7-18(22)37-19/h5-9,14H,10-13H2,1-4H3,(H2,29,31). The maximum absolute atomic E-state index is 12.9. The number of amides is 1. The number of pyridine rings is 2. The first-order valence-corrected chi connectivity index (χ1v) is 12.6. The number of benzene rings is 1. The highest BCUT2D eigenvalue weighted by Gasteiger charge is 2.26. The Kier molecular flexibility index (Phi) is 6.52. The van der Waals surface area contributed by atoms with Gasteiger partial charge in [-0.05, 0) is 52.0 Å². The Morgan fingerprint density at radius 2 is 1.79 bits per heavy atom. The molecule has 1 fully saturated rings. The maximum Gasteiger partial charge on any atom is 0.410 e. The zero-order valence-corrected chi connectivity index (χ0v) is 22.3. The molecule has 1 aliphatic heterocycles. The first kappa shape index (κ1) is 25.6. The molecule has 5 rings (SSSR count). The summed E-state index contributed by atoms with van der Waals surface area (Å²) in [6.45, 7) is 9.73. The van der Waals surface area contributed by atoms with Gasteiger partial charge in [-0.1, -0.05) is 17.7 Å². The van der Waals surface area contributed by atoms with Crippen molar-refractivity contribution in [1.29, 1.82) is 0 Å². The monoisotopic (exact) mass is 537 g/mol. The lowest BCUT2D eigenvalue weighted by Gasteiger charge is -2.36. The predicted molar refractivity (Wildman–Crippen MR) is 146 cm³/mol. The van der Waals surface area contributed by atoms with Crippen LogP contribution in [0.1, 0.15) is 26.5 Å². The van der Waals surface area contributed by atoms with Crippen LogP contribution in [-0.2, 0) is 4.74 Å². The first-order chi connectivity index (χ1) is 18.0. The molecule has 11 heteroatoms. The zero-order chi connectivity index (χ0) is 27.2. The molecule has 1 saturated heterocycles. The Hall–Kier alpha value is -4.05. The lowest BCUT2D eigenvalue weighted by atomic mass is 10.2. The molecule has 10 nitrogen and oxygen atoms in total. The van der Waals surface area contributed by atoms with E-state index in [0.717, 1.165) is 5.82 Å². The third-order valence-corrected chi connectivity index (χ3v) is 6.43. The van der Waals surface area contributed by atoms with Gasteiger partial charge in [0.15, 0.2) is 22.7 Å². The van der Waals surface area contributed by atoms with Crippen LogP contribution in [0.3, 0.4) is 0 Å². The summed E-state index contributed by atoms with van der Waals surface area (Å²) in [6, 6.07) is 10.2. The number of nitrogens with zero attached hydrogens (tertiary/aromatic N) is 4. The summed E-state index contributed by atoms with van der Waals surface area (Å²) in [7, 11) is 0. The first-order valence-electron chi connectivity index (χ1n) is 12.2. The quantitative estimate of drug-likeness (QED) is 0.354. The van der Waals surface area contributed by atoms with E-state index in [9.17, 15) is 9.59 Å². The van der Waals surface area contributed by atoms with Gasteiger partial charge in [0.1, 0.15) is 22.8 Å². The smallest absolute Gasteiger partial charge is 0.410 e. The van der Waals surface area contributed by atoms with E-state index < -0.39 is 5.60 Å². The SMILES string of the molecule is Cc1nc(N2CCN(C(=O)OC(C)(C)C)CC2)ccc1Oc1cc2oc3cccc(Cl)c3c(=O)c2nc1N. The summed E-state index contributed by atoms with van der Waals surface area (Å²) >= 11 is 6.19. The molecule has 1 aromatic carbocycles. The number of rotatable bonds is 3. The van der Waals surface area contributed by atoms with Gasteiger partial charge in [-0.25, -0.2) is 14.8 Å². The fourth-order valence-electron chi connectivity index (χ4n) is 4.24. The summed E-state index contributed by atoms with van der Waals surface area (Å²) < 4.78 is 17.4. The normalized spacial score (nSPS) is 14.2. The van der Waals surface area contributed by atoms with Gasteiger partial charge >= 0.3 is 6.09 Å². The van der Waals surface area contributed by atoms with Crippen molar-refractivity contribution in [2.75, 3.05) is 36.8 Å². The third-order valence-electron chi connectivity index (χ3n) is 6.12. The van der Waals surface area contributed by atoms with Crippen molar-refractivity contribution in [2.24, 2.45) is 0 Å². The van der Waals surface area contributed by atoms with Gasteiger partial charge in [-0.2, -0.15) is 0 Å². The van der Waals surface area contributed by atoms with Crippen LogP contribution in [0, 0.1) is 6.92 Å². The van der Waals surface area contributed by atoms with Crippen LogP contribution >= 0.6 is 11.6 Å². The average Bonchev–Trinajstić information content (AvgIpc) is 2.85. The number of nitrogens with two attached hydrogens (primary N) is 1. The van der Waals surface area contributed by atoms with Crippen LogP contribution in [0.15, 0.2) is 45.6 Å². The topological polar surface area (TPSA) is 124 Å². The average molecular weight is 538 g/mol. The van der Waals surface area contributed by atoms with Crippen molar-refractivity contribution in [3.8, 4) is 11.5 Å². The third kappa shape index (κ3) is 5.04. The maximum atomic E-state index is 12.9. The molecular formula is C27H28ClN5O5. The van der Waals surface area contributed by atoms with Crippen molar-refractivity contribution >= 4 is 51.4 Å². The molecule has 0 atom stereocenters. The molecular weight excluding hydrogens is 510 g/mol. The molecule has 4 heterocycles. The van der Waals surface area contributed by atoms with Crippen molar-refractivity contribution in [2.45, 2.75) is 33.3 Å². The fraction of sp³-hybridized carbons (Fsp3) is 0.333. The largest absolute Gasteiger partial charge is 0.454 e. The van der Waals surface area contributed by atoms with Gasteiger partial charge in [0.05, 0.1) is 16.1 Å². The van der Waals surface area contributed by atoms with Gasteiger partial charge < -0.3 is 29.4 Å². The molecule has 0 radical (unpaired) electrons.